The molecule has 8 nitrogen and oxygen atoms in total. The summed E-state index contributed by atoms with van der Waals surface area (Å²) in [6.45, 7) is 3.36. The first-order valence-corrected chi connectivity index (χ1v) is 11.9. The van der Waals surface area contributed by atoms with E-state index in [1.54, 1.807) is 42.7 Å². The molecule has 0 aliphatic carbocycles. The van der Waals surface area contributed by atoms with Crippen LogP contribution >= 0.6 is 0 Å². The van der Waals surface area contributed by atoms with Crippen molar-refractivity contribution in [3.8, 4) is 0 Å². The molecule has 1 unspecified atom stereocenters. The summed E-state index contributed by atoms with van der Waals surface area (Å²) in [5.41, 5.74) is 1.80. The zero-order valence-electron chi connectivity index (χ0n) is 17.7. The van der Waals surface area contributed by atoms with Crippen LogP contribution in [0.5, 0.6) is 0 Å². The third-order valence-corrected chi connectivity index (χ3v) is 6.68. The lowest BCUT2D eigenvalue weighted by atomic mass is 10.1. The number of benzene rings is 2. The van der Waals surface area contributed by atoms with Crippen molar-refractivity contribution < 1.29 is 13.2 Å². The zero-order chi connectivity index (χ0) is 22.6. The Morgan fingerprint density at radius 2 is 1.81 bits per heavy atom. The van der Waals surface area contributed by atoms with Crippen molar-refractivity contribution in [2.24, 2.45) is 0 Å². The molecule has 1 amide bonds. The van der Waals surface area contributed by atoms with Gasteiger partial charge in [0.05, 0.1) is 4.90 Å². The predicted molar refractivity (Wildman–Crippen MR) is 123 cm³/mol. The van der Waals surface area contributed by atoms with E-state index in [1.165, 1.54) is 12.1 Å². The van der Waals surface area contributed by atoms with Crippen LogP contribution in [0.1, 0.15) is 28.8 Å². The number of carbonyl (C=O) groups excluding carboxylic acids is 1. The van der Waals surface area contributed by atoms with Crippen molar-refractivity contribution >= 4 is 27.6 Å². The second-order valence-electron chi connectivity index (χ2n) is 7.81. The van der Waals surface area contributed by atoms with Crippen LogP contribution in [0.15, 0.2) is 71.9 Å². The third-order valence-electron chi connectivity index (χ3n) is 5.30. The van der Waals surface area contributed by atoms with E-state index in [9.17, 15) is 13.2 Å². The van der Waals surface area contributed by atoms with Crippen LogP contribution in [0.4, 0.5) is 11.6 Å². The maximum Gasteiger partial charge on any atom is 0.261 e. The number of aromatic nitrogens is 2. The third kappa shape index (κ3) is 5.23. The highest BCUT2D eigenvalue weighted by atomic mass is 32.2. The van der Waals surface area contributed by atoms with Gasteiger partial charge in [-0.3, -0.25) is 9.52 Å². The van der Waals surface area contributed by atoms with Crippen molar-refractivity contribution in [3.05, 3.63) is 78.1 Å². The Labute approximate surface area is 187 Å². The van der Waals surface area contributed by atoms with Crippen molar-refractivity contribution in [2.45, 2.75) is 30.7 Å². The van der Waals surface area contributed by atoms with Crippen LogP contribution in [0.3, 0.4) is 0 Å². The van der Waals surface area contributed by atoms with Crippen molar-refractivity contribution in [2.75, 3.05) is 22.7 Å². The molecule has 0 bridgehead atoms. The lowest BCUT2D eigenvalue weighted by Crippen LogP contribution is -2.48. The minimum atomic E-state index is -3.81. The minimum Gasteiger partial charge on any atom is -0.348 e. The summed E-state index contributed by atoms with van der Waals surface area (Å²) in [5, 5.41) is 3.02. The van der Waals surface area contributed by atoms with Gasteiger partial charge in [-0.1, -0.05) is 23.8 Å². The minimum absolute atomic E-state index is 0.0358. The van der Waals surface area contributed by atoms with E-state index in [2.05, 4.69) is 20.0 Å². The Hall–Kier alpha value is -3.46. The molecular formula is C23H25N5O3S. The number of hydrogen-bond donors (Lipinski definition) is 2. The molecule has 0 radical (unpaired) electrons. The van der Waals surface area contributed by atoms with Crippen molar-refractivity contribution in [3.63, 3.8) is 0 Å². The first-order valence-electron chi connectivity index (χ1n) is 10.4. The van der Waals surface area contributed by atoms with Crippen molar-refractivity contribution in [1.29, 1.82) is 0 Å². The normalized spacial score (nSPS) is 16.4. The van der Waals surface area contributed by atoms with Crippen LogP contribution in [-0.2, 0) is 10.0 Å². The summed E-state index contributed by atoms with van der Waals surface area (Å²) in [5.74, 6) is 0.333. The van der Waals surface area contributed by atoms with Crippen LogP contribution in [0.25, 0.3) is 0 Å². The van der Waals surface area contributed by atoms with Gasteiger partial charge in [-0.2, -0.15) is 0 Å². The average molecular weight is 452 g/mol. The van der Waals surface area contributed by atoms with Crippen molar-refractivity contribution in [1.82, 2.24) is 15.3 Å². The van der Waals surface area contributed by atoms with Crippen LogP contribution in [-0.4, -0.2) is 43.4 Å². The van der Waals surface area contributed by atoms with Gasteiger partial charge in [0.1, 0.15) is 0 Å². The highest BCUT2D eigenvalue weighted by Crippen LogP contribution is 2.19. The molecule has 2 aromatic carbocycles. The number of nitrogens with zero attached hydrogens (tertiary/aromatic N) is 3. The summed E-state index contributed by atoms with van der Waals surface area (Å²) in [6, 6.07) is 14.8. The number of piperidine rings is 1. The molecule has 166 valence electrons. The first kappa shape index (κ1) is 21.8. The van der Waals surface area contributed by atoms with Crippen LogP contribution in [0.2, 0.25) is 0 Å². The fourth-order valence-electron chi connectivity index (χ4n) is 3.64. The van der Waals surface area contributed by atoms with Crippen LogP contribution in [0, 0.1) is 6.92 Å². The highest BCUT2D eigenvalue weighted by Gasteiger charge is 2.24. The summed E-state index contributed by atoms with van der Waals surface area (Å²) in [7, 11) is -3.81. The molecule has 0 saturated carbocycles. The topological polar surface area (TPSA) is 104 Å². The molecule has 2 N–H and O–H groups in total. The number of carbonyl (C=O) groups is 1. The summed E-state index contributed by atoms with van der Waals surface area (Å²) in [4.78, 5) is 23.5. The van der Waals surface area contributed by atoms with Gasteiger partial charge in [-0.25, -0.2) is 18.4 Å². The fraction of sp³-hybridized carbons (Fsp3) is 0.261. The average Bonchev–Trinajstić information content (AvgIpc) is 2.81. The SMILES string of the molecule is Cc1ccc(NS(=O)(=O)c2cccc(C(=O)NC3CCCN(c4ncccn4)C3)c2)cc1. The second-order valence-corrected chi connectivity index (χ2v) is 9.49. The van der Waals surface area contributed by atoms with Gasteiger partial charge in [0, 0.05) is 42.8 Å². The number of anilines is 2. The molecule has 4 rings (SSSR count). The lowest BCUT2D eigenvalue weighted by Gasteiger charge is -2.33. The highest BCUT2D eigenvalue weighted by molar-refractivity contribution is 7.92. The molecule has 0 spiro atoms. The molecule has 32 heavy (non-hydrogen) atoms. The van der Waals surface area contributed by atoms with E-state index in [0.717, 1.165) is 24.9 Å². The van der Waals surface area contributed by atoms with Gasteiger partial charge in [-0.15, -0.1) is 0 Å². The predicted octanol–water partition coefficient (Wildman–Crippen LogP) is 2.98. The molecule has 2 heterocycles. The summed E-state index contributed by atoms with van der Waals surface area (Å²) < 4.78 is 28.1. The second kappa shape index (κ2) is 9.35. The Kier molecular flexibility index (Phi) is 6.36. The quantitative estimate of drug-likeness (QED) is 0.597. The van der Waals surface area contributed by atoms with Crippen LogP contribution < -0.4 is 14.9 Å². The lowest BCUT2D eigenvalue weighted by molar-refractivity contribution is 0.0933. The first-order chi connectivity index (χ1) is 15.4. The van der Waals surface area contributed by atoms with Gasteiger partial charge in [0.2, 0.25) is 5.95 Å². The van der Waals surface area contributed by atoms with E-state index in [0.29, 0.717) is 23.7 Å². The molecule has 1 saturated heterocycles. The number of amides is 1. The maximum absolute atomic E-state index is 12.9. The number of aryl methyl sites for hydroxylation is 1. The fourth-order valence-corrected chi connectivity index (χ4v) is 4.74. The monoisotopic (exact) mass is 451 g/mol. The molecule has 1 atom stereocenters. The molecule has 1 aromatic heterocycles. The molecule has 1 fully saturated rings. The molecule has 1 aliphatic heterocycles. The standard InChI is InChI=1S/C23H25N5O3S/c1-17-8-10-19(11-9-17)27-32(30,31)21-7-2-5-18(15-21)22(29)26-20-6-3-14-28(16-20)23-24-12-4-13-25-23/h2,4-5,7-13,15,20,27H,3,6,14,16H2,1H3,(H,26,29). The Bertz CT molecular complexity index is 1180. The molecule has 1 aliphatic rings. The van der Waals surface area contributed by atoms with Gasteiger partial charge >= 0.3 is 0 Å². The molecular weight excluding hydrogens is 426 g/mol. The maximum atomic E-state index is 12.9. The van der Waals surface area contributed by atoms with Gasteiger partial charge < -0.3 is 10.2 Å². The Morgan fingerprint density at radius 3 is 2.56 bits per heavy atom. The van der Waals surface area contributed by atoms with E-state index in [4.69, 9.17) is 0 Å². The van der Waals surface area contributed by atoms with E-state index in [-0.39, 0.29) is 16.8 Å². The molecule has 3 aromatic rings. The van der Waals surface area contributed by atoms with Gasteiger partial charge in [0.15, 0.2) is 0 Å². The zero-order valence-corrected chi connectivity index (χ0v) is 18.5. The number of sulfonamides is 1. The Morgan fingerprint density at radius 1 is 1.06 bits per heavy atom. The molecule has 9 heteroatoms. The van der Waals surface area contributed by atoms with Gasteiger partial charge in [-0.05, 0) is 56.2 Å². The Balaban J connectivity index is 1.44. The largest absolute Gasteiger partial charge is 0.348 e. The van der Waals surface area contributed by atoms with E-state index < -0.39 is 10.0 Å². The number of nitrogens with one attached hydrogen (secondary N) is 2. The van der Waals surface area contributed by atoms with E-state index in [1.807, 2.05) is 24.0 Å². The summed E-state index contributed by atoms with van der Waals surface area (Å²) >= 11 is 0. The smallest absolute Gasteiger partial charge is 0.261 e. The number of rotatable bonds is 6. The van der Waals surface area contributed by atoms with E-state index >= 15 is 0 Å². The van der Waals surface area contributed by atoms with Gasteiger partial charge in [0.25, 0.3) is 15.9 Å². The summed E-state index contributed by atoms with van der Waals surface area (Å²) in [6.07, 6.45) is 5.13. The number of hydrogen-bond acceptors (Lipinski definition) is 6.